The van der Waals surface area contributed by atoms with Crippen LogP contribution in [-0.2, 0) is 114 Å². The van der Waals surface area contributed by atoms with Crippen molar-refractivity contribution < 1.29 is 94.6 Å². The molecule has 594 valence electrons. The molecule has 0 radical (unpaired) electrons. The number of hydrogen-bond acceptors (Lipinski definition) is 16. The van der Waals surface area contributed by atoms with Gasteiger partial charge in [-0.15, -0.1) is 0 Å². The lowest BCUT2D eigenvalue weighted by Crippen LogP contribution is -2.73. The van der Waals surface area contributed by atoms with Crippen LogP contribution in [0.2, 0.25) is 0 Å². The number of carbonyl (C=O) groups excluding carboxylic acids is 2. The predicted molar refractivity (Wildman–Crippen MR) is 414 cm³/mol. The van der Waals surface area contributed by atoms with Crippen LogP contribution in [0, 0.1) is 17.8 Å². The van der Waals surface area contributed by atoms with E-state index in [1.807, 2.05) is 217 Å². The zero-order valence-corrected chi connectivity index (χ0v) is 64.1. The maximum absolute atomic E-state index is 17.0. The highest BCUT2D eigenvalue weighted by atomic mass is 19.3. The number of cyclic esters (lactones) is 1. The Balaban J connectivity index is 0.000000165. The molecule has 0 saturated carbocycles. The van der Waals surface area contributed by atoms with E-state index in [0.29, 0.717) is 26.1 Å². The third-order valence-electron chi connectivity index (χ3n) is 21.2. The van der Waals surface area contributed by atoms with Crippen molar-refractivity contribution in [2.24, 2.45) is 17.8 Å². The molecule has 9 aromatic carbocycles. The Morgan fingerprint density at radius 1 is 0.438 bits per heavy atom. The number of rotatable bonds is 25. The topological polar surface area (TPSA) is 196 Å². The molecule has 112 heavy (non-hydrogen) atoms. The lowest BCUT2D eigenvalue weighted by molar-refractivity contribution is -0.523. The van der Waals surface area contributed by atoms with Crippen LogP contribution in [0.5, 0.6) is 0 Å². The van der Waals surface area contributed by atoms with Crippen molar-refractivity contribution in [1.82, 2.24) is 0 Å². The van der Waals surface area contributed by atoms with Gasteiger partial charge in [0.1, 0.15) is 24.4 Å². The van der Waals surface area contributed by atoms with Gasteiger partial charge in [0.2, 0.25) is 0 Å². The fraction of sp³-hybridized carbons (Fsp3) is 0.391. The lowest BCUT2D eigenvalue weighted by atomic mass is 9.78. The molecule has 0 amide bonds. The number of halogens is 4. The number of carbonyl (C=O) groups is 2. The normalized spacial score (nSPS) is 26.3. The Morgan fingerprint density at radius 2 is 0.795 bits per heavy atom. The molecule has 0 aromatic heterocycles. The zero-order valence-electron chi connectivity index (χ0n) is 64.1. The highest BCUT2D eigenvalue weighted by Crippen LogP contribution is 2.58. The van der Waals surface area contributed by atoms with Crippen LogP contribution >= 0.6 is 0 Å². The van der Waals surface area contributed by atoms with Crippen LogP contribution in [0.3, 0.4) is 0 Å². The lowest BCUT2D eigenvalue weighted by Gasteiger charge is -2.57. The first-order valence-corrected chi connectivity index (χ1v) is 38.6. The molecular formula is C92H102F4O16. The number of ether oxygens (including phenoxy) is 11. The summed E-state index contributed by atoms with van der Waals surface area (Å²) in [6.45, 7) is 14.4. The summed E-state index contributed by atoms with van der Waals surface area (Å²) in [5.74, 6) is -18.6. The summed E-state index contributed by atoms with van der Waals surface area (Å²) in [7, 11) is 0. The molecule has 1 spiro atoms. The van der Waals surface area contributed by atoms with Crippen LogP contribution in [0.1, 0.15) is 140 Å². The van der Waals surface area contributed by atoms with E-state index in [1.54, 1.807) is 30.3 Å². The van der Waals surface area contributed by atoms with Crippen molar-refractivity contribution in [2.45, 2.75) is 198 Å². The number of benzene rings is 9. The van der Waals surface area contributed by atoms with E-state index < -0.39 is 101 Å². The van der Waals surface area contributed by atoms with Gasteiger partial charge in [-0.25, -0.2) is 4.79 Å². The molecule has 0 bridgehead atoms. The average Bonchev–Trinajstić information content (AvgIpc) is 0.778. The van der Waals surface area contributed by atoms with Gasteiger partial charge in [-0.2, -0.15) is 17.6 Å². The molecule has 4 fully saturated rings. The highest BCUT2D eigenvalue weighted by molar-refractivity contribution is 6.10. The van der Waals surface area contributed by atoms with E-state index in [0.717, 1.165) is 65.1 Å². The second-order valence-corrected chi connectivity index (χ2v) is 28.9. The Morgan fingerprint density at radius 3 is 1.23 bits per heavy atom. The van der Waals surface area contributed by atoms with E-state index in [-0.39, 0.29) is 67.6 Å². The number of esters is 1. The molecule has 0 unspecified atom stereocenters. The van der Waals surface area contributed by atoms with E-state index >= 15 is 17.6 Å². The summed E-state index contributed by atoms with van der Waals surface area (Å²) in [5.41, 5.74) is 3.61. The number of ketones is 1. The number of aliphatic hydroxyl groups is 3. The minimum Gasteiger partial charge on any atom is -0.460 e. The number of alkyl halides is 4. The number of fused-ring (bicyclic) bond motifs is 1. The molecule has 9 aromatic rings. The average molecular weight is 1540 g/mol. The van der Waals surface area contributed by atoms with Crippen molar-refractivity contribution >= 4 is 11.8 Å². The molecule has 5 aliphatic rings. The first-order chi connectivity index (χ1) is 54.1. The van der Waals surface area contributed by atoms with Gasteiger partial charge < -0.3 is 62.7 Å². The van der Waals surface area contributed by atoms with Gasteiger partial charge in [-0.3, -0.25) is 9.53 Å². The van der Waals surface area contributed by atoms with Gasteiger partial charge in [-0.05, 0) is 65.5 Å². The second-order valence-electron chi connectivity index (χ2n) is 28.9. The van der Waals surface area contributed by atoms with Crippen LogP contribution < -0.4 is 0 Å². The Hall–Kier alpha value is -8.68. The Labute approximate surface area is 653 Å². The first-order valence-electron chi connectivity index (χ1n) is 38.6. The highest BCUT2D eigenvalue weighted by Gasteiger charge is 2.75. The van der Waals surface area contributed by atoms with Crippen molar-refractivity contribution in [3.8, 4) is 0 Å². The fourth-order valence-electron chi connectivity index (χ4n) is 15.0. The summed E-state index contributed by atoms with van der Waals surface area (Å²) < 4.78 is 133. The van der Waals surface area contributed by atoms with Gasteiger partial charge in [-0.1, -0.05) is 302 Å². The van der Waals surface area contributed by atoms with Gasteiger partial charge in [0.05, 0.1) is 69.6 Å². The summed E-state index contributed by atoms with van der Waals surface area (Å²) in [6.07, 6.45) is -3.67. The maximum Gasteiger partial charge on any atom is 0.338 e. The summed E-state index contributed by atoms with van der Waals surface area (Å²) in [6, 6.07) is 75.6. The smallest absolute Gasteiger partial charge is 0.338 e. The molecule has 3 N–H and O–H groups in total. The van der Waals surface area contributed by atoms with Gasteiger partial charge >= 0.3 is 23.8 Å². The molecule has 5 aliphatic heterocycles. The van der Waals surface area contributed by atoms with Crippen LogP contribution in [0.15, 0.2) is 261 Å². The number of hydrogen-bond donors (Lipinski definition) is 3. The largest absolute Gasteiger partial charge is 0.460 e. The molecular weight excluding hydrogens is 1440 g/mol. The molecule has 5 heterocycles. The van der Waals surface area contributed by atoms with E-state index in [1.165, 1.54) is 49.2 Å². The molecule has 20 heteroatoms. The van der Waals surface area contributed by atoms with Gasteiger partial charge in [0.25, 0.3) is 11.6 Å². The van der Waals surface area contributed by atoms with Crippen molar-refractivity contribution in [3.63, 3.8) is 0 Å². The van der Waals surface area contributed by atoms with E-state index in [2.05, 4.69) is 6.92 Å². The van der Waals surface area contributed by atoms with Crippen LogP contribution in [0.4, 0.5) is 17.6 Å². The monoisotopic (exact) mass is 1540 g/mol. The molecule has 4 saturated heterocycles. The summed E-state index contributed by atoms with van der Waals surface area (Å²) >= 11 is 0. The van der Waals surface area contributed by atoms with Crippen LogP contribution in [-0.4, -0.2) is 107 Å². The Kier molecular flexibility index (Phi) is 29.6. The van der Waals surface area contributed by atoms with E-state index in [4.69, 9.17) is 52.1 Å². The minimum atomic E-state index is -4.07. The standard InChI is InChI=1S/C36H36F2O5.C30H32F2O6.C22H26O4.C4H8O/c1-3-31-25(2)33(41-23-26-15-7-4-8-16-26)34(42-24-27-17-9-5-10-18-27)36(40,43-31)35(37,38)30-22-14-13-21-29(30)32(39)28-19-11-6-12-20-28;1-3-25-20(2)26(35-18-21-12-6-4-7-13-21)27(36-19-22-14-8-5-9-15-22)29(37-25)28(31,32)23-16-10-11-17-24(23)30(33,34)38-29;1-3-19-16(2)20(24-14-17-10-6-4-7-11-17)21(22(23)26-19)25-15-18-12-8-5-9-13-18;1-2-4-5-3-1/h4-22,25,31,33-34,40H,3,23-24H2,1-2H3;4-17,20,25-27,33-34H,3,18-19H2,1-2H3;4-13,16,19-21H,3,14-15H2,1-2H3;1-4H2/t25-,31-,33+,34-,36-;20-,25-,26+,27-,29+;16-,19-,20+,21-;/m111./s1. The quantitative estimate of drug-likeness (QED) is 0.0211. The van der Waals surface area contributed by atoms with Crippen molar-refractivity contribution in [3.05, 3.63) is 322 Å². The van der Waals surface area contributed by atoms with E-state index in [9.17, 15) is 24.9 Å². The summed E-state index contributed by atoms with van der Waals surface area (Å²) in [4.78, 5) is 26.0. The Bertz CT molecular complexity index is 4320. The molecule has 16 nitrogen and oxygen atoms in total. The predicted octanol–water partition coefficient (Wildman–Crippen LogP) is 17.5. The van der Waals surface area contributed by atoms with Crippen LogP contribution in [0.25, 0.3) is 0 Å². The SMILES string of the molecule is C1CCOC1.CC[C@H]1OC(=O)[C@H](OCc2ccccc2)[C@@H](OCc2ccccc2)[C@@H]1C.CC[C@H]1O[C@@](O)(C(F)(F)c2ccccc2C(=O)c2ccccc2)[C@H](OCc2ccccc2)[C@@H](OCc2ccccc2)[C@@H]1C.CC[C@H]1O[C@]2(OC(O)(O)c3ccccc3C2(F)F)[C@H](OCc2ccccc2)[C@@H](OCc2ccccc2)[C@@H]1C. The first kappa shape index (κ1) is 84.2. The second kappa shape index (κ2) is 39.4. The third kappa shape index (κ3) is 19.9. The molecule has 14 atom stereocenters. The fourth-order valence-corrected chi connectivity index (χ4v) is 15.0. The summed E-state index contributed by atoms with van der Waals surface area (Å²) in [5, 5.41) is 34.0. The zero-order chi connectivity index (χ0) is 79.3. The maximum atomic E-state index is 17.0. The molecule has 0 aliphatic carbocycles. The third-order valence-corrected chi connectivity index (χ3v) is 21.2. The van der Waals surface area contributed by atoms with Gasteiger partial charge in [0.15, 0.2) is 11.9 Å². The molecule has 14 rings (SSSR count). The minimum absolute atomic E-state index is 0.0454. The van der Waals surface area contributed by atoms with Gasteiger partial charge in [0, 0.05) is 53.2 Å². The van der Waals surface area contributed by atoms with Crippen molar-refractivity contribution in [1.29, 1.82) is 0 Å². The van der Waals surface area contributed by atoms with Crippen molar-refractivity contribution in [2.75, 3.05) is 13.2 Å².